The highest BCUT2D eigenvalue weighted by atomic mass is 16.3. The second-order valence-electron chi connectivity index (χ2n) is 5.08. The van der Waals surface area contributed by atoms with Crippen molar-refractivity contribution in [2.75, 3.05) is 0 Å². The number of phenols is 1. The quantitative estimate of drug-likeness (QED) is 0.444. The summed E-state index contributed by atoms with van der Waals surface area (Å²) >= 11 is 0. The van der Waals surface area contributed by atoms with E-state index in [1.54, 1.807) is 36.4 Å². The van der Waals surface area contributed by atoms with Crippen LogP contribution in [0.3, 0.4) is 0 Å². The number of ketones is 1. The zero-order valence-corrected chi connectivity index (χ0v) is 12.2. The van der Waals surface area contributed by atoms with E-state index in [4.69, 9.17) is 0 Å². The number of hydrogen-bond acceptors (Lipinski definition) is 3. The van der Waals surface area contributed by atoms with Gasteiger partial charge in [0.25, 0.3) is 0 Å². The van der Waals surface area contributed by atoms with Crippen LogP contribution < -0.4 is 0 Å². The molecule has 0 unspecified atom stereocenters. The molecular weight excluding hydrogens is 286 g/mol. The molecule has 3 nitrogen and oxygen atoms in total. The van der Waals surface area contributed by atoms with Gasteiger partial charge in [0.15, 0.2) is 0 Å². The van der Waals surface area contributed by atoms with Crippen molar-refractivity contribution in [2.24, 2.45) is 0 Å². The third kappa shape index (κ3) is 2.83. The fraction of sp³-hybridized carbons (Fsp3) is 0. The molecule has 1 N–H and O–H groups in total. The fourth-order valence-electron chi connectivity index (χ4n) is 2.47. The van der Waals surface area contributed by atoms with E-state index in [0.717, 1.165) is 10.8 Å². The molecule has 23 heavy (non-hydrogen) atoms. The summed E-state index contributed by atoms with van der Waals surface area (Å²) in [4.78, 5) is 12.5. The molecule has 0 aliphatic carbocycles. The van der Waals surface area contributed by atoms with Crippen molar-refractivity contribution >= 4 is 22.6 Å². The van der Waals surface area contributed by atoms with Gasteiger partial charge >= 0.3 is 0 Å². The zero-order chi connectivity index (χ0) is 16.2. The number of fused-ring (bicyclic) bond motifs is 1. The highest BCUT2D eigenvalue weighted by molar-refractivity contribution is 6.15. The van der Waals surface area contributed by atoms with Gasteiger partial charge in [-0.25, -0.2) is 0 Å². The number of benzene rings is 3. The number of carbonyl (C=O) groups excluding carboxylic acids is 1. The van der Waals surface area contributed by atoms with Crippen LogP contribution in [0.4, 0.5) is 0 Å². The monoisotopic (exact) mass is 299 g/mol. The van der Waals surface area contributed by atoms with Gasteiger partial charge in [-0.3, -0.25) is 4.79 Å². The number of phenolic OH excluding ortho intramolecular Hbond substituents is 1. The maximum absolute atomic E-state index is 12.5. The summed E-state index contributed by atoms with van der Waals surface area (Å²) in [7, 11) is 0. The smallest absolute Gasteiger partial charge is 0.203 e. The number of Topliss-reactive ketones (excluding diaryl/α,β-unsaturated/α-hetero) is 1. The number of allylic oxidation sites excluding steroid dienone is 1. The third-order valence-electron chi connectivity index (χ3n) is 3.64. The molecule has 0 spiro atoms. The topological polar surface area (TPSA) is 61.1 Å². The Labute approximate surface area is 133 Å². The minimum absolute atomic E-state index is 0.0112. The molecule has 0 atom stereocenters. The molecule has 0 fully saturated rings. The summed E-state index contributed by atoms with van der Waals surface area (Å²) in [5.74, 6) is -0.322. The standard InChI is InChI=1S/C20H13NO2/c21-13-16(20(23)15-7-2-1-3-8-15)12-18-17-9-5-4-6-14(17)10-11-19(18)22/h1-12,22H/b16-12+. The van der Waals surface area contributed by atoms with Crippen LogP contribution in [0, 0.1) is 11.3 Å². The molecule has 0 radical (unpaired) electrons. The Morgan fingerprint density at radius 1 is 0.957 bits per heavy atom. The van der Waals surface area contributed by atoms with Gasteiger partial charge < -0.3 is 5.11 Å². The Balaban J connectivity index is 2.15. The van der Waals surface area contributed by atoms with E-state index in [1.807, 2.05) is 36.4 Å². The van der Waals surface area contributed by atoms with Crippen LogP contribution >= 0.6 is 0 Å². The van der Waals surface area contributed by atoms with E-state index in [9.17, 15) is 15.2 Å². The molecule has 3 heteroatoms. The van der Waals surface area contributed by atoms with Crippen LogP contribution in [-0.4, -0.2) is 10.9 Å². The van der Waals surface area contributed by atoms with Gasteiger partial charge in [0, 0.05) is 11.1 Å². The lowest BCUT2D eigenvalue weighted by molar-refractivity contribution is 0.104. The third-order valence-corrected chi connectivity index (χ3v) is 3.64. The first-order valence-electron chi connectivity index (χ1n) is 7.13. The Kier molecular flexibility index (Phi) is 3.90. The normalized spacial score (nSPS) is 11.2. The molecule has 110 valence electrons. The number of nitriles is 1. The summed E-state index contributed by atoms with van der Waals surface area (Å²) in [6.07, 6.45) is 1.45. The first-order valence-corrected chi connectivity index (χ1v) is 7.13. The zero-order valence-electron chi connectivity index (χ0n) is 12.2. The molecule has 3 rings (SSSR count). The molecule has 3 aromatic carbocycles. The van der Waals surface area contributed by atoms with Gasteiger partial charge in [-0.05, 0) is 22.9 Å². The predicted molar refractivity (Wildman–Crippen MR) is 90.0 cm³/mol. The second kappa shape index (κ2) is 6.17. The first-order chi connectivity index (χ1) is 11.2. The van der Waals surface area contributed by atoms with Crippen molar-refractivity contribution in [2.45, 2.75) is 0 Å². The van der Waals surface area contributed by atoms with E-state index in [0.29, 0.717) is 11.1 Å². The second-order valence-corrected chi connectivity index (χ2v) is 5.08. The minimum Gasteiger partial charge on any atom is -0.507 e. The van der Waals surface area contributed by atoms with Crippen LogP contribution in [0.1, 0.15) is 15.9 Å². The van der Waals surface area contributed by atoms with Crippen LogP contribution in [0.5, 0.6) is 5.75 Å². The first kappa shape index (κ1) is 14.6. The number of rotatable bonds is 3. The van der Waals surface area contributed by atoms with Gasteiger partial charge in [0.05, 0.1) is 0 Å². The lowest BCUT2D eigenvalue weighted by Crippen LogP contribution is -2.01. The summed E-state index contributed by atoms with van der Waals surface area (Å²) in [6.45, 7) is 0. The highest BCUT2D eigenvalue weighted by Crippen LogP contribution is 2.29. The minimum atomic E-state index is -0.361. The largest absolute Gasteiger partial charge is 0.507 e. The van der Waals surface area contributed by atoms with E-state index in [2.05, 4.69) is 0 Å². The Morgan fingerprint density at radius 3 is 2.39 bits per heavy atom. The average Bonchev–Trinajstić information content (AvgIpc) is 2.61. The lowest BCUT2D eigenvalue weighted by atomic mass is 9.98. The average molecular weight is 299 g/mol. The SMILES string of the molecule is N#C/C(=C\c1c(O)ccc2ccccc12)C(=O)c1ccccc1. The van der Waals surface area contributed by atoms with Crippen molar-refractivity contribution in [3.05, 3.63) is 83.4 Å². The molecule has 0 saturated carbocycles. The number of carbonyl (C=O) groups is 1. The van der Waals surface area contributed by atoms with Crippen molar-refractivity contribution < 1.29 is 9.90 Å². The Hall–Kier alpha value is -3.38. The molecule has 3 aromatic rings. The van der Waals surface area contributed by atoms with Crippen LogP contribution in [0.25, 0.3) is 16.8 Å². The van der Waals surface area contributed by atoms with Crippen molar-refractivity contribution in [1.82, 2.24) is 0 Å². The predicted octanol–water partition coefficient (Wildman–Crippen LogP) is 4.34. The molecule has 0 heterocycles. The molecule has 0 aliphatic rings. The molecule has 0 aromatic heterocycles. The molecule has 0 aliphatic heterocycles. The van der Waals surface area contributed by atoms with Crippen LogP contribution in [0.15, 0.2) is 72.3 Å². The van der Waals surface area contributed by atoms with E-state index in [1.165, 1.54) is 6.08 Å². The van der Waals surface area contributed by atoms with E-state index >= 15 is 0 Å². The molecular formula is C20H13NO2. The maximum atomic E-state index is 12.5. The van der Waals surface area contributed by atoms with Crippen LogP contribution in [-0.2, 0) is 0 Å². The van der Waals surface area contributed by atoms with E-state index in [-0.39, 0.29) is 17.1 Å². The Morgan fingerprint density at radius 2 is 1.65 bits per heavy atom. The van der Waals surface area contributed by atoms with E-state index < -0.39 is 0 Å². The highest BCUT2D eigenvalue weighted by Gasteiger charge is 2.13. The summed E-state index contributed by atoms with van der Waals surface area (Å²) < 4.78 is 0. The van der Waals surface area contributed by atoms with Gasteiger partial charge in [-0.2, -0.15) is 5.26 Å². The van der Waals surface area contributed by atoms with Crippen molar-refractivity contribution in [3.8, 4) is 11.8 Å². The molecule has 0 saturated heterocycles. The summed E-state index contributed by atoms with van der Waals surface area (Å²) in [6, 6.07) is 21.4. The molecule has 0 amide bonds. The number of aromatic hydroxyl groups is 1. The van der Waals surface area contributed by atoms with Gasteiger partial charge in [-0.1, -0.05) is 60.7 Å². The lowest BCUT2D eigenvalue weighted by Gasteiger charge is -2.06. The van der Waals surface area contributed by atoms with Gasteiger partial charge in [-0.15, -0.1) is 0 Å². The summed E-state index contributed by atoms with van der Waals surface area (Å²) in [5.41, 5.74) is 0.909. The number of nitrogens with zero attached hydrogens (tertiary/aromatic N) is 1. The number of hydrogen-bond donors (Lipinski definition) is 1. The van der Waals surface area contributed by atoms with Crippen LogP contribution in [0.2, 0.25) is 0 Å². The van der Waals surface area contributed by atoms with Crippen molar-refractivity contribution in [1.29, 1.82) is 5.26 Å². The van der Waals surface area contributed by atoms with Crippen molar-refractivity contribution in [3.63, 3.8) is 0 Å². The molecule has 0 bridgehead atoms. The Bertz CT molecular complexity index is 950. The fourth-order valence-corrected chi connectivity index (χ4v) is 2.47. The summed E-state index contributed by atoms with van der Waals surface area (Å²) in [5, 5.41) is 21.2. The maximum Gasteiger partial charge on any atom is 0.203 e. The van der Waals surface area contributed by atoms with Gasteiger partial charge in [0.2, 0.25) is 5.78 Å². The van der Waals surface area contributed by atoms with Gasteiger partial charge in [0.1, 0.15) is 17.4 Å².